The van der Waals surface area contributed by atoms with Crippen LogP contribution in [0.2, 0.25) is 0 Å². The minimum absolute atomic E-state index is 0.0829. The first-order valence-corrected chi connectivity index (χ1v) is 11.9. The van der Waals surface area contributed by atoms with Gasteiger partial charge in [-0.2, -0.15) is 0 Å². The minimum Gasteiger partial charge on any atom is -0.334 e. The summed E-state index contributed by atoms with van der Waals surface area (Å²) in [6.07, 6.45) is 3.78. The highest BCUT2D eigenvalue weighted by Gasteiger charge is 2.32. The molecule has 0 bridgehead atoms. The molecular weight excluding hydrogens is 462 g/mol. The molecule has 1 aliphatic heterocycles. The summed E-state index contributed by atoms with van der Waals surface area (Å²) in [6, 6.07) is 9.39. The lowest BCUT2D eigenvalue weighted by Gasteiger charge is -2.23. The van der Waals surface area contributed by atoms with E-state index < -0.39 is 11.2 Å². The number of amides is 1. The Labute approximate surface area is 205 Å². The Balaban J connectivity index is 1.31. The van der Waals surface area contributed by atoms with Crippen LogP contribution < -0.4 is 16.8 Å². The van der Waals surface area contributed by atoms with Gasteiger partial charge in [0.25, 0.3) is 11.1 Å². The number of rotatable bonds is 6. The van der Waals surface area contributed by atoms with Gasteiger partial charge in [-0.3, -0.25) is 19.4 Å². The van der Waals surface area contributed by atoms with Gasteiger partial charge >= 0.3 is 5.69 Å². The Bertz CT molecular complexity index is 1630. The monoisotopic (exact) mass is 489 g/mol. The highest BCUT2D eigenvalue weighted by molar-refractivity contribution is 5.79. The molecule has 1 unspecified atom stereocenters. The Morgan fingerprint density at radius 1 is 1.17 bits per heavy atom. The third-order valence-corrected chi connectivity index (χ3v) is 6.85. The standard InChI is InChI=1S/C25H27N7O4/c1-15-18(23(34)27-25(36)26-15)9-10-22(33)32-11-5-8-21(32)19-14-31(29-28-19)13-17-12-16-6-3-4-7-20(16)30(2)24(17)35/h3-4,6-7,12,14,21H,5,8-11,13H2,1-2H3,(H2,26,27,34,36). The van der Waals surface area contributed by atoms with E-state index in [1.807, 2.05) is 30.3 Å². The number of hydrogen-bond acceptors (Lipinski definition) is 6. The molecule has 1 atom stereocenters. The lowest BCUT2D eigenvalue weighted by atomic mass is 10.1. The summed E-state index contributed by atoms with van der Waals surface area (Å²) in [5, 5.41) is 9.51. The summed E-state index contributed by atoms with van der Waals surface area (Å²) < 4.78 is 3.26. The van der Waals surface area contributed by atoms with Crippen LogP contribution in [0.3, 0.4) is 0 Å². The Hall–Kier alpha value is -4.28. The largest absolute Gasteiger partial charge is 0.334 e. The molecule has 4 heterocycles. The van der Waals surface area contributed by atoms with Crippen LogP contribution in [-0.4, -0.2) is 46.9 Å². The number of aryl methyl sites for hydroxylation is 2. The van der Waals surface area contributed by atoms with E-state index in [-0.39, 0.29) is 36.9 Å². The molecule has 1 aliphatic rings. The van der Waals surface area contributed by atoms with Gasteiger partial charge in [0.05, 0.1) is 24.3 Å². The first-order valence-electron chi connectivity index (χ1n) is 11.9. The van der Waals surface area contributed by atoms with Gasteiger partial charge in [-0.25, -0.2) is 9.48 Å². The fraction of sp³-hybridized carbons (Fsp3) is 0.360. The van der Waals surface area contributed by atoms with Crippen molar-refractivity contribution in [1.82, 2.24) is 34.4 Å². The Kier molecular flexibility index (Phi) is 6.13. The van der Waals surface area contributed by atoms with Gasteiger partial charge in [-0.1, -0.05) is 23.4 Å². The van der Waals surface area contributed by atoms with Crippen molar-refractivity contribution in [2.45, 2.75) is 45.2 Å². The summed E-state index contributed by atoms with van der Waals surface area (Å²) in [4.78, 5) is 56.0. The topological polar surface area (TPSA) is 139 Å². The van der Waals surface area contributed by atoms with Crippen molar-refractivity contribution in [3.05, 3.63) is 90.2 Å². The number of para-hydroxylation sites is 1. The van der Waals surface area contributed by atoms with E-state index >= 15 is 0 Å². The summed E-state index contributed by atoms with van der Waals surface area (Å²) in [7, 11) is 1.76. The third-order valence-electron chi connectivity index (χ3n) is 6.85. The molecule has 0 spiro atoms. The number of pyridine rings is 1. The first kappa shape index (κ1) is 23.5. The SMILES string of the molecule is Cc1[nH]c(=O)[nH]c(=O)c1CCC(=O)N1CCCC1c1cn(Cc2cc3ccccc3n(C)c2=O)nn1. The van der Waals surface area contributed by atoms with E-state index in [1.54, 1.807) is 34.3 Å². The van der Waals surface area contributed by atoms with Crippen LogP contribution in [0, 0.1) is 6.92 Å². The van der Waals surface area contributed by atoms with Gasteiger partial charge in [0.2, 0.25) is 5.91 Å². The van der Waals surface area contributed by atoms with Crippen molar-refractivity contribution >= 4 is 16.8 Å². The molecule has 1 fully saturated rings. The zero-order valence-electron chi connectivity index (χ0n) is 20.2. The molecule has 0 aliphatic carbocycles. The van der Waals surface area contributed by atoms with Crippen molar-refractivity contribution in [2.24, 2.45) is 7.05 Å². The fourth-order valence-electron chi connectivity index (χ4n) is 5.00. The number of carbonyl (C=O) groups excluding carboxylic acids is 1. The van der Waals surface area contributed by atoms with Crippen LogP contribution in [-0.2, 0) is 24.8 Å². The van der Waals surface area contributed by atoms with Crippen LogP contribution in [0.5, 0.6) is 0 Å². The molecule has 2 N–H and O–H groups in total. The van der Waals surface area contributed by atoms with Gasteiger partial charge in [0.1, 0.15) is 5.69 Å². The summed E-state index contributed by atoms with van der Waals surface area (Å²) in [5.41, 5.74) is 1.91. The average Bonchev–Trinajstić information content (AvgIpc) is 3.51. The smallest absolute Gasteiger partial charge is 0.325 e. The van der Waals surface area contributed by atoms with E-state index in [1.165, 1.54) is 0 Å². The number of fused-ring (bicyclic) bond motifs is 1. The molecule has 11 heteroatoms. The molecule has 36 heavy (non-hydrogen) atoms. The normalized spacial score (nSPS) is 15.6. The molecule has 4 aromatic rings. The third kappa shape index (κ3) is 4.39. The number of benzene rings is 1. The maximum Gasteiger partial charge on any atom is 0.325 e. The average molecular weight is 490 g/mol. The molecule has 1 saturated heterocycles. The second-order valence-electron chi connectivity index (χ2n) is 9.19. The summed E-state index contributed by atoms with van der Waals surface area (Å²) in [5.74, 6) is -0.0829. The second-order valence-corrected chi connectivity index (χ2v) is 9.19. The molecule has 186 valence electrons. The molecule has 0 saturated carbocycles. The zero-order chi connectivity index (χ0) is 25.4. The number of nitrogens with one attached hydrogen (secondary N) is 2. The van der Waals surface area contributed by atoms with Crippen molar-refractivity contribution in [1.29, 1.82) is 0 Å². The van der Waals surface area contributed by atoms with Crippen molar-refractivity contribution in [3.8, 4) is 0 Å². The van der Waals surface area contributed by atoms with Crippen LogP contribution in [0.1, 0.15) is 47.8 Å². The number of aromatic nitrogens is 6. The quantitative estimate of drug-likeness (QED) is 0.417. The van der Waals surface area contributed by atoms with Crippen LogP contribution in [0.15, 0.2) is 50.9 Å². The summed E-state index contributed by atoms with van der Waals surface area (Å²) in [6.45, 7) is 2.53. The second kappa shape index (κ2) is 9.40. The maximum atomic E-state index is 13.0. The van der Waals surface area contributed by atoms with E-state index in [2.05, 4.69) is 20.3 Å². The van der Waals surface area contributed by atoms with Crippen LogP contribution in [0.4, 0.5) is 0 Å². The van der Waals surface area contributed by atoms with Gasteiger partial charge in [0.15, 0.2) is 0 Å². The first-order chi connectivity index (χ1) is 17.3. The van der Waals surface area contributed by atoms with E-state index in [0.717, 1.165) is 23.7 Å². The van der Waals surface area contributed by atoms with E-state index in [4.69, 9.17) is 0 Å². The maximum absolute atomic E-state index is 13.0. The van der Waals surface area contributed by atoms with E-state index in [9.17, 15) is 19.2 Å². The zero-order valence-corrected chi connectivity index (χ0v) is 20.2. The highest BCUT2D eigenvalue weighted by Crippen LogP contribution is 2.31. The minimum atomic E-state index is -0.559. The number of likely N-dealkylation sites (tertiary alicyclic amines) is 1. The number of aromatic amines is 2. The van der Waals surface area contributed by atoms with Gasteiger partial charge < -0.3 is 14.5 Å². The number of H-pyrrole nitrogens is 2. The fourth-order valence-corrected chi connectivity index (χ4v) is 5.00. The summed E-state index contributed by atoms with van der Waals surface area (Å²) >= 11 is 0. The van der Waals surface area contributed by atoms with Gasteiger partial charge in [-0.15, -0.1) is 5.10 Å². The van der Waals surface area contributed by atoms with Gasteiger partial charge in [0, 0.05) is 36.8 Å². The predicted molar refractivity (Wildman–Crippen MR) is 133 cm³/mol. The molecule has 11 nitrogen and oxygen atoms in total. The molecule has 1 aromatic carbocycles. The lowest BCUT2D eigenvalue weighted by Crippen LogP contribution is -2.32. The van der Waals surface area contributed by atoms with E-state index in [0.29, 0.717) is 29.1 Å². The lowest BCUT2D eigenvalue weighted by molar-refractivity contribution is -0.132. The molecule has 1 amide bonds. The van der Waals surface area contributed by atoms with Crippen LogP contribution >= 0.6 is 0 Å². The number of carbonyl (C=O) groups is 1. The Morgan fingerprint density at radius 2 is 1.97 bits per heavy atom. The van der Waals surface area contributed by atoms with Crippen molar-refractivity contribution in [2.75, 3.05) is 6.54 Å². The predicted octanol–water partition coefficient (Wildman–Crippen LogP) is 1.16. The van der Waals surface area contributed by atoms with Crippen molar-refractivity contribution < 1.29 is 4.79 Å². The molecule has 0 radical (unpaired) electrons. The highest BCUT2D eigenvalue weighted by atomic mass is 16.2. The molecule has 5 rings (SSSR count). The van der Waals surface area contributed by atoms with Gasteiger partial charge in [-0.05, 0) is 43.7 Å². The molecular formula is C25H27N7O4. The Morgan fingerprint density at radius 3 is 2.78 bits per heavy atom. The van der Waals surface area contributed by atoms with Crippen LogP contribution in [0.25, 0.3) is 10.9 Å². The number of hydrogen-bond donors (Lipinski definition) is 2. The number of nitrogens with zero attached hydrogens (tertiary/aromatic N) is 5. The van der Waals surface area contributed by atoms with Crippen molar-refractivity contribution in [3.63, 3.8) is 0 Å². The molecule has 3 aromatic heterocycles.